The van der Waals surface area contributed by atoms with E-state index in [1.807, 2.05) is 4.90 Å². The van der Waals surface area contributed by atoms with Gasteiger partial charge in [0.1, 0.15) is 0 Å². The van der Waals surface area contributed by atoms with E-state index in [1.54, 1.807) is 0 Å². The van der Waals surface area contributed by atoms with Crippen molar-refractivity contribution in [1.82, 2.24) is 10.2 Å². The van der Waals surface area contributed by atoms with Crippen molar-refractivity contribution in [3.05, 3.63) is 35.4 Å². The summed E-state index contributed by atoms with van der Waals surface area (Å²) in [6.07, 6.45) is 0.950. The molecule has 3 nitrogen and oxygen atoms in total. The first-order valence-corrected chi connectivity index (χ1v) is 5.80. The molecule has 1 N–H and O–H groups in total. The van der Waals surface area contributed by atoms with Crippen LogP contribution in [0.3, 0.4) is 0 Å². The highest BCUT2D eigenvalue weighted by atomic mass is 16.2. The van der Waals surface area contributed by atoms with Crippen LogP contribution in [0.5, 0.6) is 0 Å². The quantitative estimate of drug-likeness (QED) is 0.820. The van der Waals surface area contributed by atoms with Gasteiger partial charge in [0.15, 0.2) is 0 Å². The molecule has 0 atom stereocenters. The summed E-state index contributed by atoms with van der Waals surface area (Å²) in [4.78, 5) is 13.5. The molecule has 1 aliphatic rings. The zero-order valence-corrected chi connectivity index (χ0v) is 9.70. The van der Waals surface area contributed by atoms with Crippen LogP contribution in [0, 0.1) is 6.92 Å². The topological polar surface area (TPSA) is 32.3 Å². The van der Waals surface area contributed by atoms with Crippen LogP contribution in [0.25, 0.3) is 0 Å². The van der Waals surface area contributed by atoms with Crippen LogP contribution in [-0.4, -0.2) is 37.0 Å². The zero-order valence-electron chi connectivity index (χ0n) is 9.70. The standard InChI is InChI=1S/C13H18N2O/c1-11-2-4-12(5-3-11)6-8-15-9-7-14-10-13(15)16/h2-5,14H,6-10H2,1H3. The number of carbonyl (C=O) groups is 1. The Morgan fingerprint density at radius 1 is 1.31 bits per heavy atom. The van der Waals surface area contributed by atoms with Gasteiger partial charge in [0.2, 0.25) is 5.91 Å². The highest BCUT2D eigenvalue weighted by Gasteiger charge is 2.16. The number of amides is 1. The van der Waals surface area contributed by atoms with Gasteiger partial charge in [0.25, 0.3) is 0 Å². The second kappa shape index (κ2) is 5.12. The molecular formula is C13H18N2O. The summed E-state index contributed by atoms with van der Waals surface area (Å²) >= 11 is 0. The molecular weight excluding hydrogens is 200 g/mol. The SMILES string of the molecule is Cc1ccc(CCN2CCNCC2=O)cc1. The molecule has 1 amide bonds. The molecule has 1 saturated heterocycles. The minimum Gasteiger partial charge on any atom is -0.340 e. The predicted octanol–water partition coefficient (Wildman–Crippen LogP) is 0.969. The van der Waals surface area contributed by atoms with Crippen LogP contribution in [0.15, 0.2) is 24.3 Å². The first-order chi connectivity index (χ1) is 7.75. The lowest BCUT2D eigenvalue weighted by atomic mass is 10.1. The fraction of sp³-hybridized carbons (Fsp3) is 0.462. The molecule has 1 aliphatic heterocycles. The Hall–Kier alpha value is -1.35. The molecule has 1 aromatic rings. The molecule has 1 aromatic carbocycles. The maximum Gasteiger partial charge on any atom is 0.236 e. The Morgan fingerprint density at radius 2 is 2.06 bits per heavy atom. The van der Waals surface area contributed by atoms with Gasteiger partial charge < -0.3 is 10.2 Å². The van der Waals surface area contributed by atoms with Gasteiger partial charge in [-0.25, -0.2) is 0 Å². The lowest BCUT2D eigenvalue weighted by Crippen LogP contribution is -2.48. The van der Waals surface area contributed by atoms with Gasteiger partial charge >= 0.3 is 0 Å². The number of nitrogens with one attached hydrogen (secondary N) is 1. The average Bonchev–Trinajstić information content (AvgIpc) is 2.30. The van der Waals surface area contributed by atoms with E-state index >= 15 is 0 Å². The highest BCUT2D eigenvalue weighted by molar-refractivity contribution is 5.78. The summed E-state index contributed by atoms with van der Waals surface area (Å²) in [5.74, 6) is 0.221. The van der Waals surface area contributed by atoms with Gasteiger partial charge in [-0.3, -0.25) is 4.79 Å². The molecule has 16 heavy (non-hydrogen) atoms. The van der Waals surface area contributed by atoms with Crippen molar-refractivity contribution < 1.29 is 4.79 Å². The van der Waals surface area contributed by atoms with E-state index in [-0.39, 0.29) is 5.91 Å². The van der Waals surface area contributed by atoms with Crippen molar-refractivity contribution >= 4 is 5.91 Å². The summed E-state index contributed by atoms with van der Waals surface area (Å²) in [6.45, 7) is 5.17. The van der Waals surface area contributed by atoms with E-state index < -0.39 is 0 Å². The smallest absolute Gasteiger partial charge is 0.236 e. The van der Waals surface area contributed by atoms with Gasteiger partial charge in [-0.1, -0.05) is 29.8 Å². The molecule has 0 aromatic heterocycles. The number of rotatable bonds is 3. The maximum absolute atomic E-state index is 11.5. The first-order valence-electron chi connectivity index (χ1n) is 5.80. The Kier molecular flexibility index (Phi) is 3.57. The summed E-state index contributed by atoms with van der Waals surface area (Å²) in [5, 5.41) is 3.08. The van der Waals surface area contributed by atoms with E-state index in [4.69, 9.17) is 0 Å². The summed E-state index contributed by atoms with van der Waals surface area (Å²) in [5.41, 5.74) is 2.58. The fourth-order valence-electron chi connectivity index (χ4n) is 1.90. The Balaban J connectivity index is 1.86. The van der Waals surface area contributed by atoms with Gasteiger partial charge in [-0.2, -0.15) is 0 Å². The molecule has 1 fully saturated rings. The van der Waals surface area contributed by atoms with E-state index in [0.717, 1.165) is 26.1 Å². The molecule has 0 saturated carbocycles. The van der Waals surface area contributed by atoms with Gasteiger partial charge in [-0.15, -0.1) is 0 Å². The zero-order chi connectivity index (χ0) is 11.4. The largest absolute Gasteiger partial charge is 0.340 e. The minimum absolute atomic E-state index is 0.221. The minimum atomic E-state index is 0.221. The van der Waals surface area contributed by atoms with Crippen molar-refractivity contribution in [1.29, 1.82) is 0 Å². The second-order valence-electron chi connectivity index (χ2n) is 4.29. The third kappa shape index (κ3) is 2.83. The van der Waals surface area contributed by atoms with Crippen LogP contribution >= 0.6 is 0 Å². The molecule has 0 bridgehead atoms. The fourth-order valence-corrected chi connectivity index (χ4v) is 1.90. The molecule has 3 heteroatoms. The Bertz CT molecular complexity index is 359. The number of aryl methyl sites for hydroxylation is 1. The van der Waals surface area contributed by atoms with Crippen molar-refractivity contribution in [2.45, 2.75) is 13.3 Å². The molecule has 0 unspecified atom stereocenters. The lowest BCUT2D eigenvalue weighted by molar-refractivity contribution is -0.131. The van der Waals surface area contributed by atoms with Crippen LogP contribution in [-0.2, 0) is 11.2 Å². The predicted molar refractivity (Wildman–Crippen MR) is 64.3 cm³/mol. The maximum atomic E-state index is 11.5. The lowest BCUT2D eigenvalue weighted by Gasteiger charge is -2.27. The van der Waals surface area contributed by atoms with Crippen molar-refractivity contribution in [3.8, 4) is 0 Å². The number of piperazine rings is 1. The molecule has 0 aliphatic carbocycles. The second-order valence-corrected chi connectivity index (χ2v) is 4.29. The van der Waals surface area contributed by atoms with Crippen LogP contribution in [0.1, 0.15) is 11.1 Å². The van der Waals surface area contributed by atoms with Gasteiger partial charge in [-0.05, 0) is 18.9 Å². The summed E-state index contributed by atoms with van der Waals surface area (Å²) in [7, 11) is 0. The van der Waals surface area contributed by atoms with Crippen LogP contribution < -0.4 is 5.32 Å². The van der Waals surface area contributed by atoms with E-state index in [1.165, 1.54) is 11.1 Å². The monoisotopic (exact) mass is 218 g/mol. The van der Waals surface area contributed by atoms with Gasteiger partial charge in [0.05, 0.1) is 6.54 Å². The summed E-state index contributed by atoms with van der Waals surface area (Å²) < 4.78 is 0. The molecule has 86 valence electrons. The molecule has 0 radical (unpaired) electrons. The molecule has 1 heterocycles. The van der Waals surface area contributed by atoms with E-state index in [9.17, 15) is 4.79 Å². The summed E-state index contributed by atoms with van der Waals surface area (Å²) in [6, 6.07) is 8.52. The molecule has 0 spiro atoms. The number of benzene rings is 1. The number of hydrogen-bond acceptors (Lipinski definition) is 2. The van der Waals surface area contributed by atoms with Crippen molar-refractivity contribution in [2.24, 2.45) is 0 Å². The number of hydrogen-bond donors (Lipinski definition) is 1. The third-order valence-electron chi connectivity index (χ3n) is 2.98. The third-order valence-corrected chi connectivity index (χ3v) is 2.98. The first kappa shape index (κ1) is 11.1. The molecule has 2 rings (SSSR count). The number of nitrogens with zero attached hydrogens (tertiary/aromatic N) is 1. The van der Waals surface area contributed by atoms with Gasteiger partial charge in [0, 0.05) is 19.6 Å². The van der Waals surface area contributed by atoms with E-state index in [0.29, 0.717) is 6.54 Å². The van der Waals surface area contributed by atoms with Crippen LogP contribution in [0.2, 0.25) is 0 Å². The van der Waals surface area contributed by atoms with E-state index in [2.05, 4.69) is 36.5 Å². The van der Waals surface area contributed by atoms with Crippen molar-refractivity contribution in [2.75, 3.05) is 26.2 Å². The Labute approximate surface area is 96.5 Å². The average molecular weight is 218 g/mol. The highest BCUT2D eigenvalue weighted by Crippen LogP contribution is 2.05. The Morgan fingerprint density at radius 3 is 2.75 bits per heavy atom. The normalized spacial score (nSPS) is 16.6. The number of carbonyl (C=O) groups excluding carboxylic acids is 1. The van der Waals surface area contributed by atoms with Crippen LogP contribution in [0.4, 0.5) is 0 Å². The van der Waals surface area contributed by atoms with Crippen molar-refractivity contribution in [3.63, 3.8) is 0 Å².